The summed E-state index contributed by atoms with van der Waals surface area (Å²) in [4.78, 5) is 14.0. The lowest BCUT2D eigenvalue weighted by atomic mass is 9.72. The molecule has 0 aromatic heterocycles. The van der Waals surface area contributed by atoms with E-state index in [0.717, 1.165) is 43.8 Å². The third-order valence-corrected chi connectivity index (χ3v) is 6.18. The largest absolute Gasteiger partial charge is 0.481 e. The predicted molar refractivity (Wildman–Crippen MR) is 108 cm³/mol. The monoisotopic (exact) mass is 380 g/mol. The summed E-state index contributed by atoms with van der Waals surface area (Å²) >= 11 is 0. The number of aryl methyl sites for hydroxylation is 1. The summed E-state index contributed by atoms with van der Waals surface area (Å²) in [5, 5.41) is 9.50. The maximum Gasteiger partial charge on any atom is 0.303 e. The van der Waals surface area contributed by atoms with Crippen LogP contribution in [0, 0.1) is 5.92 Å². The number of aliphatic carboxylic acids is 1. The van der Waals surface area contributed by atoms with Crippen LogP contribution in [-0.2, 0) is 11.2 Å². The Morgan fingerprint density at radius 1 is 1.18 bits per heavy atom. The fraction of sp³-hybridized carbons (Fsp3) is 0.435. The third-order valence-electron chi connectivity index (χ3n) is 6.18. The van der Waals surface area contributed by atoms with E-state index in [1.54, 1.807) is 0 Å². The van der Waals surface area contributed by atoms with Crippen molar-refractivity contribution < 1.29 is 14.6 Å². The molecule has 3 atom stereocenters. The molecule has 0 bridgehead atoms. The molecule has 0 spiro atoms. The molecule has 3 N–H and O–H groups in total. The molecule has 0 amide bonds. The second-order valence-electron chi connectivity index (χ2n) is 8.05. The van der Waals surface area contributed by atoms with Gasteiger partial charge >= 0.3 is 5.97 Å². The van der Waals surface area contributed by atoms with Crippen LogP contribution < -0.4 is 10.5 Å². The van der Waals surface area contributed by atoms with Gasteiger partial charge < -0.3 is 14.7 Å². The van der Waals surface area contributed by atoms with Crippen LogP contribution in [-0.4, -0.2) is 41.3 Å². The smallest absolute Gasteiger partial charge is 0.303 e. The Bertz CT molecular complexity index is 826. The van der Waals surface area contributed by atoms with Crippen molar-refractivity contribution in [3.05, 3.63) is 65.7 Å². The van der Waals surface area contributed by atoms with Crippen molar-refractivity contribution in [3.63, 3.8) is 0 Å². The van der Waals surface area contributed by atoms with Crippen LogP contribution in [0.15, 0.2) is 54.6 Å². The second kappa shape index (κ2) is 7.94. The fourth-order valence-corrected chi connectivity index (χ4v) is 4.73. The van der Waals surface area contributed by atoms with Crippen LogP contribution in [0.4, 0.5) is 0 Å². The minimum absolute atomic E-state index is 0.0241. The van der Waals surface area contributed by atoms with Gasteiger partial charge in [-0.05, 0) is 36.6 Å². The van der Waals surface area contributed by atoms with E-state index in [0.29, 0.717) is 6.42 Å². The van der Waals surface area contributed by atoms with E-state index < -0.39 is 11.7 Å². The zero-order valence-corrected chi connectivity index (χ0v) is 16.1. The van der Waals surface area contributed by atoms with Gasteiger partial charge in [-0.2, -0.15) is 0 Å². The van der Waals surface area contributed by atoms with Crippen LogP contribution in [0.2, 0.25) is 0 Å². The number of carboxylic acid groups (broad SMARTS) is 1. The predicted octanol–water partition coefficient (Wildman–Crippen LogP) is 3.25. The number of ether oxygens (including phenoxy) is 1. The van der Waals surface area contributed by atoms with Crippen LogP contribution in [0.1, 0.15) is 36.3 Å². The van der Waals surface area contributed by atoms with E-state index in [1.165, 1.54) is 5.56 Å². The number of hydrogen-bond donors (Lipinski definition) is 2. The Morgan fingerprint density at radius 3 is 2.71 bits per heavy atom. The normalized spacial score (nSPS) is 26.8. The molecule has 0 aliphatic carbocycles. The standard InChI is InChI=1S/C23H28N2O3/c24-23-12-14-25(13-6-9-17-7-2-1-3-8-17)16-20(23)19(15-22(26)27)18-10-4-5-11-21(18)28-23/h1-5,7-8,10-11,19-20H,6,9,12-16,24H2,(H,26,27). The molecule has 1 fully saturated rings. The van der Waals surface area contributed by atoms with Crippen molar-refractivity contribution >= 4 is 5.97 Å². The van der Waals surface area contributed by atoms with Gasteiger partial charge in [0.05, 0.1) is 6.42 Å². The summed E-state index contributed by atoms with van der Waals surface area (Å²) in [6.07, 6.45) is 2.93. The van der Waals surface area contributed by atoms with E-state index >= 15 is 0 Å². The van der Waals surface area contributed by atoms with Crippen molar-refractivity contribution in [1.29, 1.82) is 0 Å². The van der Waals surface area contributed by atoms with Gasteiger partial charge in [0.1, 0.15) is 5.75 Å². The number of nitrogens with zero attached hydrogens (tertiary/aromatic N) is 1. The van der Waals surface area contributed by atoms with Gasteiger partial charge in [-0.25, -0.2) is 0 Å². The summed E-state index contributed by atoms with van der Waals surface area (Å²) in [6, 6.07) is 18.3. The Balaban J connectivity index is 1.47. The van der Waals surface area contributed by atoms with Gasteiger partial charge in [0.15, 0.2) is 5.72 Å². The highest BCUT2D eigenvalue weighted by Crippen LogP contribution is 2.47. The molecule has 2 heterocycles. The molecule has 1 saturated heterocycles. The maximum absolute atomic E-state index is 11.6. The Kier molecular flexibility index (Phi) is 5.38. The number of benzene rings is 2. The number of likely N-dealkylation sites (tertiary alicyclic amines) is 1. The zero-order valence-electron chi connectivity index (χ0n) is 16.1. The van der Waals surface area contributed by atoms with Gasteiger partial charge in [-0.1, -0.05) is 48.5 Å². The summed E-state index contributed by atoms with van der Waals surface area (Å²) < 4.78 is 6.22. The number of carboxylic acids is 1. The van der Waals surface area contributed by atoms with Crippen molar-refractivity contribution in [2.75, 3.05) is 19.6 Å². The first-order chi connectivity index (χ1) is 13.5. The summed E-state index contributed by atoms with van der Waals surface area (Å²) in [6.45, 7) is 2.64. The average Bonchev–Trinajstić information content (AvgIpc) is 2.69. The number of nitrogens with two attached hydrogens (primary N) is 1. The first kappa shape index (κ1) is 19.0. The number of rotatable bonds is 6. The van der Waals surface area contributed by atoms with Crippen molar-refractivity contribution in [2.45, 2.75) is 37.3 Å². The first-order valence-electron chi connectivity index (χ1n) is 10.1. The second-order valence-corrected chi connectivity index (χ2v) is 8.05. The molecular weight excluding hydrogens is 352 g/mol. The van der Waals surface area contributed by atoms with E-state index in [4.69, 9.17) is 10.5 Å². The van der Waals surface area contributed by atoms with Gasteiger partial charge in [0, 0.05) is 31.3 Å². The van der Waals surface area contributed by atoms with Crippen LogP contribution in [0.25, 0.3) is 0 Å². The number of hydrogen-bond acceptors (Lipinski definition) is 4. The maximum atomic E-state index is 11.6. The summed E-state index contributed by atoms with van der Waals surface area (Å²) in [5.41, 5.74) is 8.23. The van der Waals surface area contributed by atoms with Crippen molar-refractivity contribution in [2.24, 2.45) is 11.7 Å². The average molecular weight is 380 g/mol. The first-order valence-corrected chi connectivity index (χ1v) is 10.1. The van der Waals surface area contributed by atoms with Gasteiger partial charge in [-0.15, -0.1) is 0 Å². The minimum atomic E-state index is -0.787. The highest BCUT2D eigenvalue weighted by Gasteiger charge is 2.50. The molecule has 2 aromatic carbocycles. The summed E-state index contributed by atoms with van der Waals surface area (Å²) in [5.74, 6) is -0.191. The molecule has 28 heavy (non-hydrogen) atoms. The Morgan fingerprint density at radius 2 is 1.93 bits per heavy atom. The number of fused-ring (bicyclic) bond motifs is 2. The lowest BCUT2D eigenvalue weighted by molar-refractivity contribution is -0.139. The number of piperidine rings is 1. The molecule has 2 aromatic rings. The van der Waals surface area contributed by atoms with E-state index in [1.807, 2.05) is 30.3 Å². The Labute approximate surface area is 166 Å². The van der Waals surface area contributed by atoms with Crippen LogP contribution >= 0.6 is 0 Å². The fourth-order valence-electron chi connectivity index (χ4n) is 4.73. The molecule has 5 nitrogen and oxygen atoms in total. The molecule has 0 radical (unpaired) electrons. The zero-order chi connectivity index (χ0) is 19.6. The third kappa shape index (κ3) is 3.91. The van der Waals surface area contributed by atoms with E-state index in [9.17, 15) is 9.90 Å². The van der Waals surface area contributed by atoms with E-state index in [-0.39, 0.29) is 18.3 Å². The molecule has 2 aliphatic heterocycles. The summed E-state index contributed by atoms with van der Waals surface area (Å²) in [7, 11) is 0. The minimum Gasteiger partial charge on any atom is -0.481 e. The molecule has 0 saturated carbocycles. The van der Waals surface area contributed by atoms with Gasteiger partial charge in [-0.3, -0.25) is 10.5 Å². The lowest BCUT2D eigenvalue weighted by Crippen LogP contribution is -2.64. The quantitative estimate of drug-likeness (QED) is 0.805. The van der Waals surface area contributed by atoms with Crippen molar-refractivity contribution in [3.8, 4) is 5.75 Å². The molecule has 148 valence electrons. The highest BCUT2D eigenvalue weighted by molar-refractivity contribution is 5.68. The van der Waals surface area contributed by atoms with Crippen LogP contribution in [0.5, 0.6) is 5.75 Å². The topological polar surface area (TPSA) is 75.8 Å². The SMILES string of the molecule is NC12CCN(CCCc3ccccc3)CC1C(CC(=O)O)c1ccccc1O2. The Hall–Kier alpha value is -2.37. The van der Waals surface area contributed by atoms with Gasteiger partial charge in [0.2, 0.25) is 0 Å². The molecule has 3 unspecified atom stereocenters. The van der Waals surface area contributed by atoms with Crippen LogP contribution in [0.3, 0.4) is 0 Å². The highest BCUT2D eigenvalue weighted by atomic mass is 16.5. The molecular formula is C23H28N2O3. The van der Waals surface area contributed by atoms with E-state index in [2.05, 4.69) is 29.2 Å². The van der Waals surface area contributed by atoms with Crippen molar-refractivity contribution in [1.82, 2.24) is 4.90 Å². The number of para-hydroxylation sites is 1. The molecule has 4 rings (SSSR count). The molecule has 5 heteroatoms. The van der Waals surface area contributed by atoms with Gasteiger partial charge in [0.25, 0.3) is 0 Å². The number of carbonyl (C=O) groups is 1. The molecule has 2 aliphatic rings. The lowest BCUT2D eigenvalue weighted by Gasteiger charge is -2.51.